The molecule has 2 saturated heterocycles. The lowest BCUT2D eigenvalue weighted by atomic mass is 10.0. The Morgan fingerprint density at radius 2 is 2.03 bits per heavy atom. The second-order valence-corrected chi connectivity index (χ2v) is 9.58. The number of halogens is 1. The highest BCUT2D eigenvalue weighted by molar-refractivity contribution is 6.36. The highest BCUT2D eigenvalue weighted by Gasteiger charge is 2.33. The van der Waals surface area contributed by atoms with E-state index in [0.717, 1.165) is 50.4 Å². The number of nitrogens with zero attached hydrogens (tertiary/aromatic N) is 6. The van der Waals surface area contributed by atoms with Gasteiger partial charge in [-0.2, -0.15) is 14.8 Å². The fraction of sp³-hybridized carbons (Fsp3) is 0.391. The van der Waals surface area contributed by atoms with Gasteiger partial charge in [0, 0.05) is 36.4 Å². The van der Waals surface area contributed by atoms with E-state index < -0.39 is 0 Å². The van der Waals surface area contributed by atoms with Gasteiger partial charge in [0.1, 0.15) is 6.07 Å². The van der Waals surface area contributed by atoms with E-state index in [1.54, 1.807) is 0 Å². The molecule has 6 rings (SSSR count). The van der Waals surface area contributed by atoms with Crippen LogP contribution >= 0.6 is 11.6 Å². The van der Waals surface area contributed by atoms with Gasteiger partial charge in [-0.15, -0.1) is 5.10 Å². The average molecular weight is 493 g/mol. The van der Waals surface area contributed by atoms with Crippen LogP contribution in [0.1, 0.15) is 24.1 Å². The lowest BCUT2D eigenvalue weighted by molar-refractivity contribution is -0.0114. The van der Waals surface area contributed by atoms with Crippen molar-refractivity contribution in [1.29, 1.82) is 5.26 Å². The Bertz CT molecular complexity index is 1350. The SMILES string of the molecule is C=C(N)c1cc(Nc2nc(NC3CC3)c3ncc(C#N)n3n2)c(Cl)c(N2CC(NC3COC3)C2)c1. The first-order chi connectivity index (χ1) is 17.0. The zero-order valence-corrected chi connectivity index (χ0v) is 19.7. The molecule has 4 heterocycles. The number of aromatic nitrogens is 4. The molecule has 2 aliphatic heterocycles. The quantitative estimate of drug-likeness (QED) is 0.369. The van der Waals surface area contributed by atoms with E-state index in [1.165, 1.54) is 10.7 Å². The molecule has 0 atom stereocenters. The van der Waals surface area contributed by atoms with Crippen LogP contribution in [0.5, 0.6) is 0 Å². The van der Waals surface area contributed by atoms with Gasteiger partial charge in [0.2, 0.25) is 5.95 Å². The molecule has 11 nitrogen and oxygen atoms in total. The standard InChI is InChI=1S/C23H25ClN10O/c1-12(26)13-4-18(20(24)19(5-13)33-8-15(9-33)28-16-10-35-11-16)30-23-31-21(29-14-2-3-14)22-27-7-17(6-25)34(22)32-23/h4-5,7,14-16,28H,1-3,8-11,26H2,(H2,29,30,31,32). The molecular formula is C23H25ClN10O. The first-order valence-electron chi connectivity index (χ1n) is 11.5. The van der Waals surface area contributed by atoms with Crippen molar-refractivity contribution < 1.29 is 4.74 Å². The number of benzene rings is 1. The van der Waals surface area contributed by atoms with E-state index in [-0.39, 0.29) is 5.95 Å². The molecule has 180 valence electrons. The van der Waals surface area contributed by atoms with Crippen molar-refractivity contribution in [3.05, 3.63) is 41.2 Å². The maximum atomic E-state index is 9.48. The summed E-state index contributed by atoms with van der Waals surface area (Å²) >= 11 is 6.87. The van der Waals surface area contributed by atoms with Gasteiger partial charge in [-0.05, 0) is 25.0 Å². The van der Waals surface area contributed by atoms with E-state index in [4.69, 9.17) is 22.1 Å². The van der Waals surface area contributed by atoms with E-state index in [1.807, 2.05) is 12.1 Å². The number of anilines is 4. The third-order valence-corrected chi connectivity index (χ3v) is 6.79. The van der Waals surface area contributed by atoms with Crippen molar-refractivity contribution >= 4 is 46.1 Å². The number of rotatable bonds is 8. The van der Waals surface area contributed by atoms with Gasteiger partial charge >= 0.3 is 0 Å². The van der Waals surface area contributed by atoms with Gasteiger partial charge in [-0.1, -0.05) is 18.2 Å². The van der Waals surface area contributed by atoms with Crippen molar-refractivity contribution in [3.63, 3.8) is 0 Å². The number of imidazole rings is 1. The molecule has 1 aliphatic carbocycles. The third-order valence-electron chi connectivity index (χ3n) is 6.40. The predicted octanol–water partition coefficient (Wildman–Crippen LogP) is 2.07. The molecule has 0 bridgehead atoms. The second kappa shape index (κ2) is 8.57. The van der Waals surface area contributed by atoms with Gasteiger partial charge < -0.3 is 31.3 Å². The Balaban J connectivity index is 1.31. The normalized spacial score (nSPS) is 18.1. The Kier molecular flexibility index (Phi) is 5.36. The first kappa shape index (κ1) is 21.9. The Morgan fingerprint density at radius 3 is 2.69 bits per heavy atom. The molecule has 1 aromatic carbocycles. The molecule has 3 aliphatic rings. The predicted molar refractivity (Wildman–Crippen MR) is 134 cm³/mol. The Labute approximate surface area is 206 Å². The van der Waals surface area contributed by atoms with Crippen LogP contribution < -0.4 is 26.6 Å². The van der Waals surface area contributed by atoms with Gasteiger partial charge in [-0.3, -0.25) is 0 Å². The lowest BCUT2D eigenvalue weighted by Gasteiger charge is -2.45. The summed E-state index contributed by atoms with van der Waals surface area (Å²) in [6, 6.07) is 7.06. The van der Waals surface area contributed by atoms with Crippen LogP contribution in [0.2, 0.25) is 5.02 Å². The minimum atomic E-state index is 0.288. The highest BCUT2D eigenvalue weighted by atomic mass is 35.5. The number of nitriles is 1. The van der Waals surface area contributed by atoms with Crippen molar-refractivity contribution in [2.75, 3.05) is 41.8 Å². The number of hydrogen-bond acceptors (Lipinski definition) is 10. The molecule has 35 heavy (non-hydrogen) atoms. The van der Waals surface area contributed by atoms with Crippen molar-refractivity contribution in [1.82, 2.24) is 24.9 Å². The third kappa shape index (κ3) is 4.20. The van der Waals surface area contributed by atoms with Crippen LogP contribution in [-0.2, 0) is 4.74 Å². The topological polar surface area (TPSA) is 141 Å². The fourth-order valence-corrected chi connectivity index (χ4v) is 4.49. The summed E-state index contributed by atoms with van der Waals surface area (Å²) in [6.07, 6.45) is 3.63. The number of ether oxygens (including phenoxy) is 1. The smallest absolute Gasteiger partial charge is 0.247 e. The molecule has 3 fully saturated rings. The van der Waals surface area contributed by atoms with Crippen LogP contribution in [0, 0.1) is 11.3 Å². The van der Waals surface area contributed by atoms with E-state index in [9.17, 15) is 5.26 Å². The Hall–Kier alpha value is -3.59. The monoisotopic (exact) mass is 492 g/mol. The van der Waals surface area contributed by atoms with Crippen LogP contribution in [0.3, 0.4) is 0 Å². The molecule has 0 radical (unpaired) electrons. The zero-order valence-electron chi connectivity index (χ0n) is 19.0. The van der Waals surface area contributed by atoms with Crippen LogP contribution in [0.15, 0.2) is 24.9 Å². The van der Waals surface area contributed by atoms with E-state index in [0.29, 0.717) is 51.7 Å². The van der Waals surface area contributed by atoms with Crippen LogP contribution in [0.4, 0.5) is 23.1 Å². The van der Waals surface area contributed by atoms with E-state index >= 15 is 0 Å². The molecule has 12 heteroatoms. The molecule has 5 N–H and O–H groups in total. The molecule has 1 saturated carbocycles. The van der Waals surface area contributed by atoms with Crippen molar-refractivity contribution in [2.45, 2.75) is 31.0 Å². The minimum absolute atomic E-state index is 0.288. The maximum Gasteiger partial charge on any atom is 0.247 e. The molecule has 0 amide bonds. The van der Waals surface area contributed by atoms with Crippen molar-refractivity contribution in [3.8, 4) is 6.07 Å². The van der Waals surface area contributed by atoms with Gasteiger partial charge in [0.05, 0.1) is 41.8 Å². The molecule has 0 spiro atoms. The van der Waals surface area contributed by atoms with Crippen LogP contribution in [-0.4, -0.2) is 64.0 Å². The number of nitrogens with one attached hydrogen (secondary N) is 3. The lowest BCUT2D eigenvalue weighted by Crippen LogP contribution is -2.63. The van der Waals surface area contributed by atoms with E-state index in [2.05, 4.69) is 48.6 Å². The van der Waals surface area contributed by atoms with Crippen LogP contribution in [0.25, 0.3) is 11.3 Å². The zero-order chi connectivity index (χ0) is 24.1. The first-order valence-corrected chi connectivity index (χ1v) is 11.9. The summed E-state index contributed by atoms with van der Waals surface area (Å²) in [5.74, 6) is 0.856. The number of hydrogen-bond donors (Lipinski definition) is 4. The summed E-state index contributed by atoms with van der Waals surface area (Å²) < 4.78 is 6.73. The summed E-state index contributed by atoms with van der Waals surface area (Å²) in [7, 11) is 0. The maximum absolute atomic E-state index is 9.48. The highest BCUT2D eigenvalue weighted by Crippen LogP contribution is 2.39. The fourth-order valence-electron chi connectivity index (χ4n) is 4.21. The minimum Gasteiger partial charge on any atom is -0.399 e. The summed E-state index contributed by atoms with van der Waals surface area (Å²) in [4.78, 5) is 11.2. The summed E-state index contributed by atoms with van der Waals surface area (Å²) in [6.45, 7) is 7.09. The molecule has 2 aromatic heterocycles. The average Bonchev–Trinajstić information content (AvgIpc) is 3.49. The molecular weight excluding hydrogens is 468 g/mol. The number of nitrogens with two attached hydrogens (primary N) is 1. The summed E-state index contributed by atoms with van der Waals surface area (Å²) in [5, 5.41) is 24.7. The van der Waals surface area contributed by atoms with Crippen molar-refractivity contribution in [2.24, 2.45) is 5.73 Å². The van der Waals surface area contributed by atoms with Gasteiger partial charge in [0.15, 0.2) is 17.2 Å². The van der Waals surface area contributed by atoms with Gasteiger partial charge in [0.25, 0.3) is 0 Å². The second-order valence-electron chi connectivity index (χ2n) is 9.20. The molecule has 0 unspecified atom stereocenters. The van der Waals surface area contributed by atoms with Gasteiger partial charge in [-0.25, -0.2) is 4.98 Å². The summed E-state index contributed by atoms with van der Waals surface area (Å²) in [5.41, 5.74) is 9.53. The Morgan fingerprint density at radius 1 is 1.23 bits per heavy atom. The molecule has 3 aromatic rings. The number of fused-ring (bicyclic) bond motifs is 1. The largest absolute Gasteiger partial charge is 0.399 e.